The first-order valence-corrected chi connectivity index (χ1v) is 9.61. The lowest BCUT2D eigenvalue weighted by atomic mass is 9.86. The van der Waals surface area contributed by atoms with E-state index >= 15 is 0 Å². The molecule has 7 nitrogen and oxygen atoms in total. The minimum Gasteiger partial charge on any atom is -0.496 e. The summed E-state index contributed by atoms with van der Waals surface area (Å²) in [7, 11) is 3.77. The van der Waals surface area contributed by atoms with E-state index in [1.54, 1.807) is 7.11 Å². The van der Waals surface area contributed by atoms with E-state index in [1.165, 1.54) is 0 Å². The van der Waals surface area contributed by atoms with Gasteiger partial charge in [0.15, 0.2) is 0 Å². The fraction of sp³-hybridized carbons (Fsp3) is 0.600. The molecule has 1 spiro atoms. The van der Waals surface area contributed by atoms with Gasteiger partial charge in [-0.25, -0.2) is 0 Å². The lowest BCUT2D eigenvalue weighted by molar-refractivity contribution is -0.124. The molecule has 2 fully saturated rings. The van der Waals surface area contributed by atoms with Crippen molar-refractivity contribution >= 4 is 11.8 Å². The molecule has 2 saturated heterocycles. The van der Waals surface area contributed by atoms with Gasteiger partial charge in [-0.15, -0.1) is 0 Å². The molecule has 0 bridgehead atoms. The van der Waals surface area contributed by atoms with Crippen LogP contribution >= 0.6 is 0 Å². The highest BCUT2D eigenvalue weighted by Crippen LogP contribution is 2.30. The van der Waals surface area contributed by atoms with E-state index in [1.807, 2.05) is 24.3 Å². The fourth-order valence-corrected chi connectivity index (χ4v) is 4.12. The molecule has 1 atom stereocenters. The summed E-state index contributed by atoms with van der Waals surface area (Å²) < 4.78 is 5.33. The Morgan fingerprint density at radius 3 is 2.93 bits per heavy atom. The second kappa shape index (κ2) is 8.71. The zero-order valence-electron chi connectivity index (χ0n) is 16.3. The van der Waals surface area contributed by atoms with E-state index in [-0.39, 0.29) is 17.4 Å². The number of benzene rings is 1. The summed E-state index contributed by atoms with van der Waals surface area (Å²) in [5.41, 5.74) is 0.942. The highest BCUT2D eigenvalue weighted by atomic mass is 16.5. The minimum absolute atomic E-state index is 0.0171. The Labute approximate surface area is 161 Å². The van der Waals surface area contributed by atoms with Crippen LogP contribution in [0, 0.1) is 0 Å². The zero-order valence-corrected chi connectivity index (χ0v) is 16.3. The van der Waals surface area contributed by atoms with Crippen molar-refractivity contribution < 1.29 is 14.3 Å². The number of methoxy groups -OCH3 is 1. The predicted molar refractivity (Wildman–Crippen MR) is 104 cm³/mol. The maximum absolute atomic E-state index is 12.5. The monoisotopic (exact) mass is 374 g/mol. The number of nitrogens with zero attached hydrogens (tertiary/aromatic N) is 2. The van der Waals surface area contributed by atoms with Gasteiger partial charge >= 0.3 is 0 Å². The maximum atomic E-state index is 12.5. The van der Waals surface area contributed by atoms with Crippen molar-refractivity contribution in [2.45, 2.75) is 31.3 Å². The van der Waals surface area contributed by atoms with Crippen LogP contribution in [-0.2, 0) is 16.1 Å². The van der Waals surface area contributed by atoms with Crippen LogP contribution in [0.25, 0.3) is 0 Å². The van der Waals surface area contributed by atoms with Crippen molar-refractivity contribution in [3.63, 3.8) is 0 Å². The Morgan fingerprint density at radius 1 is 1.30 bits per heavy atom. The van der Waals surface area contributed by atoms with Gasteiger partial charge in [0.25, 0.3) is 0 Å². The van der Waals surface area contributed by atoms with Gasteiger partial charge in [-0.3, -0.25) is 19.4 Å². The number of carbonyl (C=O) groups is 2. The van der Waals surface area contributed by atoms with Crippen LogP contribution < -0.4 is 15.4 Å². The van der Waals surface area contributed by atoms with Crippen LogP contribution in [0.15, 0.2) is 24.3 Å². The van der Waals surface area contributed by atoms with Gasteiger partial charge in [0.2, 0.25) is 11.8 Å². The highest BCUT2D eigenvalue weighted by Gasteiger charge is 2.41. The molecule has 3 rings (SSSR count). The molecule has 1 aromatic carbocycles. The molecule has 2 aliphatic rings. The van der Waals surface area contributed by atoms with Crippen molar-refractivity contribution in [3.8, 4) is 5.75 Å². The molecule has 7 heteroatoms. The van der Waals surface area contributed by atoms with Gasteiger partial charge in [-0.2, -0.15) is 0 Å². The van der Waals surface area contributed by atoms with Crippen LogP contribution in [-0.4, -0.2) is 74.0 Å². The third-order valence-electron chi connectivity index (χ3n) is 5.85. The number of hydrogen-bond acceptors (Lipinski definition) is 5. The Balaban J connectivity index is 1.55. The van der Waals surface area contributed by atoms with Crippen molar-refractivity contribution in [3.05, 3.63) is 29.8 Å². The lowest BCUT2D eigenvalue weighted by Gasteiger charge is -2.49. The first kappa shape index (κ1) is 19.6. The Bertz CT molecular complexity index is 681. The predicted octanol–water partition coefficient (Wildman–Crippen LogP) is 0.598. The van der Waals surface area contributed by atoms with Crippen LogP contribution in [0.1, 0.15) is 24.8 Å². The van der Waals surface area contributed by atoms with Crippen molar-refractivity contribution in [1.82, 2.24) is 20.4 Å². The molecule has 148 valence electrons. The number of hydrogen-bond donors (Lipinski definition) is 2. The molecule has 0 unspecified atom stereocenters. The Morgan fingerprint density at radius 2 is 2.11 bits per heavy atom. The van der Waals surface area contributed by atoms with Crippen molar-refractivity contribution in [1.29, 1.82) is 0 Å². The molecule has 2 heterocycles. The summed E-state index contributed by atoms with van der Waals surface area (Å²) in [5, 5.41) is 5.97. The number of ether oxygens (including phenoxy) is 1. The van der Waals surface area contributed by atoms with Gasteiger partial charge in [0.05, 0.1) is 13.7 Å². The van der Waals surface area contributed by atoms with Crippen molar-refractivity contribution in [2.24, 2.45) is 0 Å². The van der Waals surface area contributed by atoms with E-state index < -0.39 is 0 Å². The van der Waals surface area contributed by atoms with E-state index in [0.717, 1.165) is 43.8 Å². The molecule has 0 saturated carbocycles. The SMILES string of the molecule is COc1ccccc1CNC(=O)CN1CCN(C)[C@]2(CCNC(=O)CC2)C1. The topological polar surface area (TPSA) is 73.9 Å². The van der Waals surface area contributed by atoms with E-state index in [9.17, 15) is 9.59 Å². The van der Waals surface area contributed by atoms with Crippen LogP contribution in [0.4, 0.5) is 0 Å². The molecule has 0 aliphatic carbocycles. The summed E-state index contributed by atoms with van der Waals surface area (Å²) in [6, 6.07) is 7.71. The molecular weight excluding hydrogens is 344 g/mol. The van der Waals surface area contributed by atoms with Crippen LogP contribution in [0.5, 0.6) is 5.75 Å². The quantitative estimate of drug-likeness (QED) is 0.790. The fourth-order valence-electron chi connectivity index (χ4n) is 4.12. The number of carbonyl (C=O) groups excluding carboxylic acids is 2. The number of amides is 2. The third kappa shape index (κ3) is 4.78. The third-order valence-corrected chi connectivity index (χ3v) is 5.85. The molecule has 2 aliphatic heterocycles. The zero-order chi connectivity index (χ0) is 19.3. The largest absolute Gasteiger partial charge is 0.496 e. The maximum Gasteiger partial charge on any atom is 0.234 e. The van der Waals surface area contributed by atoms with Crippen LogP contribution in [0.2, 0.25) is 0 Å². The average Bonchev–Trinajstić information content (AvgIpc) is 2.85. The van der Waals surface area contributed by atoms with E-state index in [0.29, 0.717) is 26.1 Å². The van der Waals surface area contributed by atoms with Gasteiger partial charge in [0, 0.05) is 50.2 Å². The van der Waals surface area contributed by atoms with Gasteiger partial charge in [-0.1, -0.05) is 18.2 Å². The summed E-state index contributed by atoms with van der Waals surface area (Å²) in [4.78, 5) is 28.8. The van der Waals surface area contributed by atoms with Gasteiger partial charge < -0.3 is 15.4 Å². The summed E-state index contributed by atoms with van der Waals surface area (Å²) in [5.74, 6) is 0.933. The normalized spacial score (nSPS) is 24.3. The molecule has 0 radical (unpaired) electrons. The van der Waals surface area contributed by atoms with Gasteiger partial charge in [-0.05, 0) is 26.0 Å². The highest BCUT2D eigenvalue weighted by molar-refractivity contribution is 5.78. The number of likely N-dealkylation sites (N-methyl/N-ethyl adjacent to an activating group) is 1. The minimum atomic E-state index is -0.0274. The molecule has 27 heavy (non-hydrogen) atoms. The Kier molecular flexibility index (Phi) is 6.34. The standard InChI is InChI=1S/C20H30N4O3/c1-23-11-12-24(15-20(23)8-7-18(25)21-10-9-20)14-19(26)22-13-16-5-3-4-6-17(16)27-2/h3-6H,7-15H2,1-2H3,(H,21,25)(H,22,26)/t20-/m1/s1. The Hall–Kier alpha value is -2.12. The first-order valence-electron chi connectivity index (χ1n) is 9.61. The summed E-state index contributed by atoms with van der Waals surface area (Å²) >= 11 is 0. The average molecular weight is 374 g/mol. The number of para-hydroxylation sites is 1. The number of piperazine rings is 1. The van der Waals surface area contributed by atoms with Crippen LogP contribution in [0.3, 0.4) is 0 Å². The number of nitrogens with one attached hydrogen (secondary N) is 2. The molecule has 2 N–H and O–H groups in total. The first-order chi connectivity index (χ1) is 13.0. The summed E-state index contributed by atoms with van der Waals surface area (Å²) in [6.45, 7) is 4.14. The van der Waals surface area contributed by atoms with Gasteiger partial charge in [0.1, 0.15) is 5.75 Å². The van der Waals surface area contributed by atoms with E-state index in [2.05, 4.69) is 27.5 Å². The molecule has 2 amide bonds. The number of rotatable bonds is 5. The summed E-state index contributed by atoms with van der Waals surface area (Å²) in [6.07, 6.45) is 2.32. The smallest absolute Gasteiger partial charge is 0.234 e. The molecular formula is C20H30N4O3. The second-order valence-electron chi connectivity index (χ2n) is 7.55. The van der Waals surface area contributed by atoms with E-state index in [4.69, 9.17) is 4.74 Å². The lowest BCUT2D eigenvalue weighted by Crippen LogP contribution is -2.62. The van der Waals surface area contributed by atoms with Crippen molar-refractivity contribution in [2.75, 3.05) is 46.9 Å². The molecule has 1 aromatic rings. The molecule has 0 aromatic heterocycles. The second-order valence-corrected chi connectivity index (χ2v) is 7.55.